The van der Waals surface area contributed by atoms with Crippen molar-refractivity contribution in [2.24, 2.45) is 0 Å². The number of aromatic nitrogens is 3. The molecular weight excluding hydrogens is 249 g/mol. The highest BCUT2D eigenvalue weighted by Crippen LogP contribution is 2.13. The molecule has 0 atom stereocenters. The first kappa shape index (κ1) is 13.0. The second-order valence-electron chi connectivity index (χ2n) is 4.27. The summed E-state index contributed by atoms with van der Waals surface area (Å²) in [7, 11) is 1.59. The highest BCUT2D eigenvalue weighted by molar-refractivity contribution is 5.94. The van der Waals surface area contributed by atoms with E-state index in [0.717, 1.165) is 12.1 Å². The Bertz CT molecular complexity index is 590. The molecule has 3 N–H and O–H groups in total. The molecule has 1 heterocycles. The van der Waals surface area contributed by atoms with Crippen molar-refractivity contribution in [1.82, 2.24) is 20.1 Å². The number of rotatable bonds is 3. The molecule has 0 radical (unpaired) electrons. The summed E-state index contributed by atoms with van der Waals surface area (Å²) >= 11 is 0. The molecule has 0 saturated heterocycles. The number of carbonyl (C=O) groups excluding carboxylic acids is 1. The van der Waals surface area contributed by atoms with Gasteiger partial charge in [-0.25, -0.2) is 9.37 Å². The minimum absolute atomic E-state index is 0.201. The summed E-state index contributed by atoms with van der Waals surface area (Å²) in [6, 6.07) is 3.75. The SMILES string of the molecule is Cc1nc(CN(C)C(=O)c2cc(N)cc(F)c2)n[nH]1. The highest BCUT2D eigenvalue weighted by Gasteiger charge is 2.15. The van der Waals surface area contributed by atoms with E-state index < -0.39 is 5.82 Å². The van der Waals surface area contributed by atoms with Crippen molar-refractivity contribution in [3.63, 3.8) is 0 Å². The lowest BCUT2D eigenvalue weighted by Gasteiger charge is -2.15. The van der Waals surface area contributed by atoms with Gasteiger partial charge in [0.25, 0.3) is 5.91 Å². The molecule has 6 nitrogen and oxygen atoms in total. The number of hydrogen-bond acceptors (Lipinski definition) is 4. The predicted molar refractivity (Wildman–Crippen MR) is 67.7 cm³/mol. The maximum Gasteiger partial charge on any atom is 0.254 e. The topological polar surface area (TPSA) is 87.9 Å². The van der Waals surface area contributed by atoms with Crippen LogP contribution in [0.15, 0.2) is 18.2 Å². The lowest BCUT2D eigenvalue weighted by Crippen LogP contribution is -2.27. The molecule has 1 aromatic heterocycles. The third-order valence-electron chi connectivity index (χ3n) is 2.54. The van der Waals surface area contributed by atoms with Crippen molar-refractivity contribution in [1.29, 1.82) is 0 Å². The van der Waals surface area contributed by atoms with Crippen LogP contribution < -0.4 is 5.73 Å². The minimum atomic E-state index is -0.537. The summed E-state index contributed by atoms with van der Waals surface area (Å²) in [5.41, 5.74) is 5.93. The minimum Gasteiger partial charge on any atom is -0.399 e. The number of nitrogen functional groups attached to an aromatic ring is 1. The summed E-state index contributed by atoms with van der Waals surface area (Å²) in [5.74, 6) is 0.294. The third kappa shape index (κ3) is 3.06. The highest BCUT2D eigenvalue weighted by atomic mass is 19.1. The van der Waals surface area contributed by atoms with E-state index in [1.165, 1.54) is 11.0 Å². The fourth-order valence-corrected chi connectivity index (χ4v) is 1.70. The maximum atomic E-state index is 13.2. The Hall–Kier alpha value is -2.44. The molecule has 0 aliphatic rings. The van der Waals surface area contributed by atoms with Crippen LogP contribution in [0.4, 0.5) is 10.1 Å². The van der Waals surface area contributed by atoms with Gasteiger partial charge in [0.05, 0.1) is 6.54 Å². The van der Waals surface area contributed by atoms with Gasteiger partial charge in [0, 0.05) is 18.3 Å². The standard InChI is InChI=1S/C12H14FN5O/c1-7-15-11(17-16-7)6-18(2)12(19)8-3-9(13)5-10(14)4-8/h3-5H,6,14H2,1-2H3,(H,15,16,17). The monoisotopic (exact) mass is 263 g/mol. The Morgan fingerprint density at radius 1 is 1.47 bits per heavy atom. The number of benzene rings is 1. The molecule has 1 aromatic carbocycles. The van der Waals surface area contributed by atoms with Crippen LogP contribution in [-0.4, -0.2) is 33.0 Å². The Kier molecular flexibility index (Phi) is 3.46. The number of nitrogens with two attached hydrogens (primary N) is 1. The second kappa shape index (κ2) is 5.05. The number of carbonyl (C=O) groups is 1. The van der Waals surface area contributed by atoms with E-state index in [0.29, 0.717) is 11.6 Å². The average Bonchev–Trinajstić information content (AvgIpc) is 2.72. The first-order valence-corrected chi connectivity index (χ1v) is 5.65. The number of amides is 1. The van der Waals surface area contributed by atoms with E-state index in [2.05, 4.69) is 15.2 Å². The number of aryl methyl sites for hydroxylation is 1. The number of anilines is 1. The maximum absolute atomic E-state index is 13.2. The molecule has 100 valence electrons. The third-order valence-corrected chi connectivity index (χ3v) is 2.54. The number of H-pyrrole nitrogens is 1. The second-order valence-corrected chi connectivity index (χ2v) is 4.27. The van der Waals surface area contributed by atoms with Crippen molar-refractivity contribution in [3.05, 3.63) is 41.2 Å². The number of aromatic amines is 1. The van der Waals surface area contributed by atoms with Crippen LogP contribution >= 0.6 is 0 Å². The molecule has 0 spiro atoms. The Morgan fingerprint density at radius 2 is 2.21 bits per heavy atom. The summed E-state index contributed by atoms with van der Waals surface area (Å²) in [4.78, 5) is 17.6. The van der Waals surface area contributed by atoms with E-state index in [-0.39, 0.29) is 23.7 Å². The van der Waals surface area contributed by atoms with E-state index in [1.807, 2.05) is 0 Å². The Morgan fingerprint density at radius 3 is 2.79 bits per heavy atom. The van der Waals surface area contributed by atoms with Crippen LogP contribution in [0.25, 0.3) is 0 Å². The van der Waals surface area contributed by atoms with Crippen LogP contribution in [-0.2, 0) is 6.54 Å². The van der Waals surface area contributed by atoms with Crippen LogP contribution in [0, 0.1) is 12.7 Å². The molecular formula is C12H14FN5O. The van der Waals surface area contributed by atoms with Gasteiger partial charge in [0.15, 0.2) is 5.82 Å². The molecule has 0 saturated carbocycles. The lowest BCUT2D eigenvalue weighted by molar-refractivity contribution is 0.0781. The molecule has 0 aliphatic heterocycles. The van der Waals surface area contributed by atoms with E-state index >= 15 is 0 Å². The summed E-state index contributed by atoms with van der Waals surface area (Å²) in [6.45, 7) is 2.01. The van der Waals surface area contributed by atoms with E-state index in [9.17, 15) is 9.18 Å². The summed E-state index contributed by atoms with van der Waals surface area (Å²) in [6.07, 6.45) is 0. The lowest BCUT2D eigenvalue weighted by atomic mass is 10.1. The van der Waals surface area contributed by atoms with Gasteiger partial charge in [0.1, 0.15) is 11.6 Å². The van der Waals surface area contributed by atoms with E-state index in [4.69, 9.17) is 5.73 Å². The smallest absolute Gasteiger partial charge is 0.254 e. The van der Waals surface area contributed by atoms with Crippen molar-refractivity contribution in [3.8, 4) is 0 Å². The number of halogens is 1. The zero-order valence-electron chi connectivity index (χ0n) is 10.6. The van der Waals surface area contributed by atoms with Gasteiger partial charge in [-0.15, -0.1) is 0 Å². The number of nitrogens with one attached hydrogen (secondary N) is 1. The molecule has 19 heavy (non-hydrogen) atoms. The van der Waals surface area contributed by atoms with Crippen molar-refractivity contribution in [2.45, 2.75) is 13.5 Å². The van der Waals surface area contributed by atoms with Gasteiger partial charge in [0.2, 0.25) is 0 Å². The largest absolute Gasteiger partial charge is 0.399 e. The average molecular weight is 263 g/mol. The first-order valence-electron chi connectivity index (χ1n) is 5.65. The van der Waals surface area contributed by atoms with Gasteiger partial charge in [-0.05, 0) is 25.1 Å². The van der Waals surface area contributed by atoms with Crippen molar-refractivity contribution in [2.75, 3.05) is 12.8 Å². The Balaban J connectivity index is 2.14. The first-order chi connectivity index (χ1) is 8.95. The van der Waals surface area contributed by atoms with Gasteiger partial charge in [-0.1, -0.05) is 0 Å². The summed E-state index contributed by atoms with van der Waals surface area (Å²) in [5, 5.41) is 6.63. The number of nitrogens with zero attached hydrogens (tertiary/aromatic N) is 3. The van der Waals surface area contributed by atoms with Gasteiger partial charge >= 0.3 is 0 Å². The normalized spacial score (nSPS) is 10.5. The van der Waals surface area contributed by atoms with Crippen molar-refractivity contribution < 1.29 is 9.18 Å². The van der Waals surface area contributed by atoms with E-state index in [1.54, 1.807) is 14.0 Å². The van der Waals surface area contributed by atoms with Crippen LogP contribution in [0.2, 0.25) is 0 Å². The summed E-state index contributed by atoms with van der Waals surface area (Å²) < 4.78 is 13.2. The van der Waals surface area contributed by atoms with Gasteiger partial charge in [-0.2, -0.15) is 5.10 Å². The molecule has 0 unspecified atom stereocenters. The van der Waals surface area contributed by atoms with Crippen LogP contribution in [0.5, 0.6) is 0 Å². The molecule has 1 amide bonds. The molecule has 2 aromatic rings. The zero-order chi connectivity index (χ0) is 14.0. The van der Waals surface area contributed by atoms with Gasteiger partial charge < -0.3 is 10.6 Å². The van der Waals surface area contributed by atoms with Gasteiger partial charge in [-0.3, -0.25) is 9.89 Å². The predicted octanol–water partition coefficient (Wildman–Crippen LogP) is 1.11. The van der Waals surface area contributed by atoms with Crippen molar-refractivity contribution >= 4 is 11.6 Å². The molecule has 7 heteroatoms. The molecule has 2 rings (SSSR count). The van der Waals surface area contributed by atoms with Crippen LogP contribution in [0.1, 0.15) is 22.0 Å². The quantitative estimate of drug-likeness (QED) is 0.812. The molecule has 0 bridgehead atoms. The van der Waals surface area contributed by atoms with Crippen LogP contribution in [0.3, 0.4) is 0 Å². The molecule has 0 fully saturated rings. The molecule has 0 aliphatic carbocycles. The zero-order valence-corrected chi connectivity index (χ0v) is 10.6. The fraction of sp³-hybridized carbons (Fsp3) is 0.250. The Labute approximate surface area is 109 Å². The number of hydrogen-bond donors (Lipinski definition) is 2. The fourth-order valence-electron chi connectivity index (χ4n) is 1.70.